The summed E-state index contributed by atoms with van der Waals surface area (Å²) in [6, 6.07) is 10.8. The van der Waals surface area contributed by atoms with Crippen molar-refractivity contribution in [3.63, 3.8) is 0 Å². The molecule has 5 heteroatoms. The first kappa shape index (κ1) is 35.3. The predicted octanol–water partition coefficient (Wildman–Crippen LogP) is 8.76. The van der Waals surface area contributed by atoms with Crippen molar-refractivity contribution in [2.75, 3.05) is 6.61 Å². The maximum absolute atomic E-state index is 12.9. The van der Waals surface area contributed by atoms with Gasteiger partial charge in [0.1, 0.15) is 5.78 Å². The summed E-state index contributed by atoms with van der Waals surface area (Å²) in [5, 5.41) is 2.25. The lowest BCUT2D eigenvalue weighted by molar-refractivity contribution is -0.348. The third kappa shape index (κ3) is 8.88. The monoisotopic (exact) mass is 545 g/mol. The van der Waals surface area contributed by atoms with Gasteiger partial charge in [0.15, 0.2) is 0 Å². The van der Waals surface area contributed by atoms with Crippen LogP contribution in [0.25, 0.3) is 0 Å². The zero-order valence-corrected chi connectivity index (χ0v) is 27.2. The fraction of sp³-hybridized carbons (Fsp3) is 0.765. The Morgan fingerprint density at radius 1 is 1.05 bits per heavy atom. The number of carbonyl (C=O) groups is 2. The fourth-order valence-corrected chi connectivity index (χ4v) is 5.68. The van der Waals surface area contributed by atoms with E-state index < -0.39 is 0 Å². The molecule has 1 aliphatic heterocycles. The molecule has 224 valence electrons. The Labute approximate surface area is 240 Å². The van der Waals surface area contributed by atoms with Crippen molar-refractivity contribution < 1.29 is 19.2 Å². The highest BCUT2D eigenvalue weighted by atomic mass is 16.7. The number of hydroxylamine groups is 2. The minimum Gasteiger partial charge on any atom is -0.468 e. The Hall–Kier alpha value is -1.72. The van der Waals surface area contributed by atoms with Gasteiger partial charge in [0.05, 0.1) is 23.3 Å². The van der Waals surface area contributed by atoms with Gasteiger partial charge in [-0.2, -0.15) is 5.06 Å². The molecule has 0 saturated carbocycles. The number of nitrogens with zero attached hydrogens (tertiary/aromatic N) is 1. The van der Waals surface area contributed by atoms with Crippen LogP contribution in [0.2, 0.25) is 0 Å². The predicted molar refractivity (Wildman–Crippen MR) is 163 cm³/mol. The summed E-state index contributed by atoms with van der Waals surface area (Å²) in [4.78, 5) is 29.3. The minimum absolute atomic E-state index is 0.0345. The van der Waals surface area contributed by atoms with Gasteiger partial charge in [-0.15, -0.1) is 0 Å². The van der Waals surface area contributed by atoms with Crippen LogP contribution in [-0.2, 0) is 19.2 Å². The van der Waals surface area contributed by atoms with Crippen molar-refractivity contribution in [2.45, 2.75) is 144 Å². The second-order valence-electron chi connectivity index (χ2n) is 13.5. The van der Waals surface area contributed by atoms with E-state index in [9.17, 15) is 9.59 Å². The largest absolute Gasteiger partial charge is 0.468 e. The first-order valence-electron chi connectivity index (χ1n) is 15.2. The van der Waals surface area contributed by atoms with E-state index in [0.717, 1.165) is 32.1 Å². The zero-order valence-electron chi connectivity index (χ0n) is 27.2. The van der Waals surface area contributed by atoms with E-state index in [1.54, 1.807) is 0 Å². The number of hydrogen-bond acceptors (Lipinski definition) is 5. The van der Waals surface area contributed by atoms with Crippen LogP contribution >= 0.6 is 0 Å². The molecule has 39 heavy (non-hydrogen) atoms. The van der Waals surface area contributed by atoms with E-state index in [0.29, 0.717) is 37.1 Å². The lowest BCUT2D eigenvalue weighted by atomic mass is 9.68. The van der Waals surface area contributed by atoms with Crippen LogP contribution < -0.4 is 0 Å². The summed E-state index contributed by atoms with van der Waals surface area (Å²) < 4.78 is 4.39. The van der Waals surface area contributed by atoms with Crippen LogP contribution in [0.1, 0.15) is 133 Å². The van der Waals surface area contributed by atoms with Crippen molar-refractivity contribution in [3.8, 4) is 0 Å². The number of benzene rings is 1. The Kier molecular flexibility index (Phi) is 13.4. The molecule has 2 rings (SSSR count). The van der Waals surface area contributed by atoms with E-state index >= 15 is 0 Å². The number of rotatable bonds is 13. The Bertz CT molecular complexity index is 882. The van der Waals surface area contributed by atoms with Crippen LogP contribution in [0, 0.1) is 17.3 Å². The smallest absolute Gasteiger partial charge is 0.293 e. The van der Waals surface area contributed by atoms with Crippen molar-refractivity contribution in [3.05, 3.63) is 35.9 Å². The Morgan fingerprint density at radius 3 is 2.13 bits per heavy atom. The van der Waals surface area contributed by atoms with Crippen LogP contribution in [0.3, 0.4) is 0 Å². The summed E-state index contributed by atoms with van der Waals surface area (Å²) >= 11 is 0. The maximum atomic E-state index is 12.9. The fourth-order valence-electron chi connectivity index (χ4n) is 5.68. The third-order valence-electron chi connectivity index (χ3n) is 9.90. The molecule has 0 aromatic heterocycles. The molecule has 0 amide bonds. The van der Waals surface area contributed by atoms with Crippen LogP contribution in [0.4, 0.5) is 0 Å². The Morgan fingerprint density at radius 2 is 1.64 bits per heavy atom. The van der Waals surface area contributed by atoms with Gasteiger partial charge in [-0.1, -0.05) is 92.1 Å². The van der Waals surface area contributed by atoms with Crippen molar-refractivity contribution in [1.82, 2.24) is 5.06 Å². The van der Waals surface area contributed by atoms with Crippen LogP contribution in [0.5, 0.6) is 0 Å². The van der Waals surface area contributed by atoms with Gasteiger partial charge in [-0.25, -0.2) is 0 Å². The van der Waals surface area contributed by atoms with Gasteiger partial charge in [-0.3, -0.25) is 14.4 Å². The van der Waals surface area contributed by atoms with Crippen LogP contribution in [0.15, 0.2) is 30.3 Å². The van der Waals surface area contributed by atoms with E-state index in [-0.39, 0.29) is 28.0 Å². The standard InChI is InChI=1S/C29H49NO2.C5H10O2/c1-12-28(10)20-25(31)23(5)29(11,13-2)30(28)32-27(8,9)21(3)19-26(6,7)22(4)24-17-15-14-16-18-24;1-2-3-4-7-5-6/h14-18,21-23H,12-13,19-20H2,1-11H3;5H,2-4H2,1H3. The topological polar surface area (TPSA) is 55.8 Å². The van der Waals surface area contributed by atoms with Gasteiger partial charge >= 0.3 is 0 Å². The van der Waals surface area contributed by atoms with E-state index in [1.807, 2.05) is 6.92 Å². The number of ether oxygens (including phenoxy) is 1. The molecule has 1 aromatic carbocycles. The lowest BCUT2D eigenvalue weighted by Crippen LogP contribution is -2.68. The van der Waals surface area contributed by atoms with Crippen molar-refractivity contribution >= 4 is 12.3 Å². The molecule has 0 radical (unpaired) electrons. The number of carbonyl (C=O) groups excluding carboxylic acids is 2. The summed E-state index contributed by atoms with van der Waals surface area (Å²) in [6.07, 6.45) is 5.44. The first-order valence-corrected chi connectivity index (χ1v) is 15.2. The molecule has 5 atom stereocenters. The number of hydrogen-bond donors (Lipinski definition) is 0. The highest BCUT2D eigenvalue weighted by molar-refractivity contribution is 5.84. The summed E-state index contributed by atoms with van der Waals surface area (Å²) in [6.45, 7) is 27.8. The zero-order chi connectivity index (χ0) is 30.1. The van der Waals surface area contributed by atoms with Crippen LogP contribution in [-0.4, -0.2) is 40.6 Å². The van der Waals surface area contributed by atoms with Gasteiger partial charge in [0.25, 0.3) is 6.47 Å². The quantitative estimate of drug-likeness (QED) is 0.183. The summed E-state index contributed by atoms with van der Waals surface area (Å²) in [5.74, 6) is 1.13. The highest BCUT2D eigenvalue weighted by Gasteiger charge is 2.55. The molecule has 5 nitrogen and oxygen atoms in total. The maximum Gasteiger partial charge on any atom is 0.293 e. The second-order valence-corrected chi connectivity index (χ2v) is 13.5. The van der Waals surface area contributed by atoms with E-state index in [4.69, 9.17) is 4.84 Å². The Balaban J connectivity index is 0.000000956. The van der Waals surface area contributed by atoms with Gasteiger partial charge in [-0.05, 0) is 76.2 Å². The molecular formula is C34H59NO4. The number of unbranched alkanes of at least 4 members (excludes halogenated alkanes) is 1. The molecule has 1 saturated heterocycles. The number of ketones is 1. The third-order valence-corrected chi connectivity index (χ3v) is 9.90. The molecule has 0 spiro atoms. The molecule has 0 aliphatic carbocycles. The van der Waals surface area contributed by atoms with E-state index in [1.165, 1.54) is 5.56 Å². The molecule has 1 aliphatic rings. The van der Waals surface area contributed by atoms with E-state index in [2.05, 4.69) is 116 Å². The highest BCUT2D eigenvalue weighted by Crippen LogP contribution is 2.48. The van der Waals surface area contributed by atoms with Gasteiger partial charge in [0.2, 0.25) is 0 Å². The second kappa shape index (κ2) is 14.8. The lowest BCUT2D eigenvalue weighted by Gasteiger charge is -2.58. The average Bonchev–Trinajstić information content (AvgIpc) is 2.90. The molecule has 1 heterocycles. The van der Waals surface area contributed by atoms with Crippen molar-refractivity contribution in [1.29, 1.82) is 0 Å². The normalized spacial score (nSPS) is 25.8. The molecule has 0 N–H and O–H groups in total. The molecule has 1 aromatic rings. The number of piperidine rings is 1. The molecule has 1 fully saturated rings. The molecular weight excluding hydrogens is 486 g/mol. The van der Waals surface area contributed by atoms with Gasteiger partial charge < -0.3 is 4.74 Å². The minimum atomic E-state index is -0.347. The SMILES string of the molecule is CCC1(C)CC(=O)C(C)C(C)(CC)N1OC(C)(C)C(C)CC(C)(C)C(C)c1ccccc1.CCCCOC=O. The average molecular weight is 546 g/mol. The molecule has 0 bridgehead atoms. The van der Waals surface area contributed by atoms with Crippen molar-refractivity contribution in [2.24, 2.45) is 17.3 Å². The summed E-state index contributed by atoms with van der Waals surface area (Å²) in [5.41, 5.74) is 0.598. The first-order chi connectivity index (χ1) is 18.1. The van der Waals surface area contributed by atoms with Gasteiger partial charge in [0, 0.05) is 12.3 Å². The summed E-state index contributed by atoms with van der Waals surface area (Å²) in [7, 11) is 0. The molecule has 5 unspecified atom stereocenters. The number of Topliss-reactive ketones (excluding diaryl/α,β-unsaturated/α-hetero) is 1.